The molecule has 7 rings (SSSR count). The summed E-state index contributed by atoms with van der Waals surface area (Å²) in [6.07, 6.45) is 8.63. The Kier molecular flexibility index (Phi) is 4.59. The van der Waals surface area contributed by atoms with Crippen molar-refractivity contribution < 1.29 is 5.11 Å². The Hall–Kier alpha value is -3.56. The van der Waals surface area contributed by atoms with Crippen LogP contribution in [0.1, 0.15) is 55.0 Å². The third kappa shape index (κ3) is 3.45. The van der Waals surface area contributed by atoms with Gasteiger partial charge in [0.25, 0.3) is 5.56 Å². The van der Waals surface area contributed by atoms with Crippen LogP contribution >= 0.6 is 0 Å². The van der Waals surface area contributed by atoms with Crippen LogP contribution < -0.4 is 16.2 Å². The molecular weight excluding hydrogens is 442 g/mol. The highest BCUT2D eigenvalue weighted by molar-refractivity contribution is 5.77. The van der Waals surface area contributed by atoms with Gasteiger partial charge in [0.2, 0.25) is 5.95 Å². The van der Waals surface area contributed by atoms with Gasteiger partial charge in [-0.1, -0.05) is 6.07 Å². The maximum atomic E-state index is 13.4. The Bertz CT molecular complexity index is 1510. The van der Waals surface area contributed by atoms with Crippen molar-refractivity contribution in [2.45, 2.75) is 56.7 Å². The Labute approximate surface area is 201 Å². The number of nitrogens with zero attached hydrogens (tertiary/aromatic N) is 5. The summed E-state index contributed by atoms with van der Waals surface area (Å²) in [6.45, 7) is 1.87. The molecule has 2 fully saturated rings. The van der Waals surface area contributed by atoms with E-state index in [1.165, 1.54) is 11.1 Å². The maximum absolute atomic E-state index is 13.4. The smallest absolute Gasteiger partial charge is 0.278 e. The summed E-state index contributed by atoms with van der Waals surface area (Å²) >= 11 is 0. The Morgan fingerprint density at radius 2 is 2.00 bits per heavy atom. The van der Waals surface area contributed by atoms with Gasteiger partial charge in [0.05, 0.1) is 17.4 Å². The fourth-order valence-corrected chi connectivity index (χ4v) is 5.21. The zero-order valence-electron chi connectivity index (χ0n) is 19.4. The van der Waals surface area contributed by atoms with Gasteiger partial charge in [0, 0.05) is 24.6 Å². The molecule has 0 unspecified atom stereocenters. The average molecular weight is 470 g/mol. The topological polar surface area (TPSA) is 110 Å². The van der Waals surface area contributed by atoms with E-state index in [2.05, 4.69) is 32.7 Å². The number of nitrogens with one attached hydrogen (secondary N) is 2. The summed E-state index contributed by atoms with van der Waals surface area (Å²) in [5, 5.41) is 18.1. The van der Waals surface area contributed by atoms with Crippen LogP contribution in [-0.4, -0.2) is 36.0 Å². The monoisotopic (exact) mass is 469 g/mol. The molecule has 2 saturated carbocycles. The summed E-state index contributed by atoms with van der Waals surface area (Å²) in [7, 11) is 0. The second-order valence-electron chi connectivity index (χ2n) is 9.94. The fourth-order valence-electron chi connectivity index (χ4n) is 5.21. The SMILES string of the molecule is O=c1c2cnc(Nc3ccc4c(c3)CCNC4)nc2n(-c2ccnc(C3(O)CCC3)c2)n1C1CC1. The van der Waals surface area contributed by atoms with Crippen molar-refractivity contribution >= 4 is 22.7 Å². The first kappa shape index (κ1) is 20.8. The summed E-state index contributed by atoms with van der Waals surface area (Å²) in [5.41, 5.74) is 4.58. The number of hydrogen-bond acceptors (Lipinski definition) is 7. The van der Waals surface area contributed by atoms with Crippen molar-refractivity contribution in [1.82, 2.24) is 29.6 Å². The number of aliphatic hydroxyl groups is 1. The minimum absolute atomic E-state index is 0.0870. The third-order valence-electron chi connectivity index (χ3n) is 7.51. The van der Waals surface area contributed by atoms with Crippen LogP contribution in [-0.2, 0) is 18.6 Å². The van der Waals surface area contributed by atoms with E-state index in [-0.39, 0.29) is 11.6 Å². The third-order valence-corrected chi connectivity index (χ3v) is 7.51. The molecule has 1 aromatic carbocycles. The molecule has 0 amide bonds. The van der Waals surface area contributed by atoms with Crippen LogP contribution in [0.25, 0.3) is 16.7 Å². The minimum atomic E-state index is -0.882. The van der Waals surface area contributed by atoms with Gasteiger partial charge in [0.15, 0.2) is 5.65 Å². The lowest BCUT2D eigenvalue weighted by Crippen LogP contribution is -2.34. The number of aromatic nitrogens is 5. The molecule has 1 aliphatic heterocycles. The Morgan fingerprint density at radius 3 is 2.80 bits per heavy atom. The molecule has 35 heavy (non-hydrogen) atoms. The first-order chi connectivity index (χ1) is 17.1. The highest BCUT2D eigenvalue weighted by Crippen LogP contribution is 2.41. The lowest BCUT2D eigenvalue weighted by atomic mass is 9.77. The molecule has 0 spiro atoms. The van der Waals surface area contributed by atoms with Crippen LogP contribution in [0.5, 0.6) is 0 Å². The molecule has 0 bridgehead atoms. The second-order valence-corrected chi connectivity index (χ2v) is 9.94. The normalized spacial score (nSPS) is 18.8. The quantitative estimate of drug-likeness (QED) is 0.412. The molecular formula is C26H27N7O2. The van der Waals surface area contributed by atoms with Crippen molar-refractivity contribution in [3.05, 3.63) is 69.9 Å². The van der Waals surface area contributed by atoms with E-state index in [1.807, 2.05) is 22.9 Å². The van der Waals surface area contributed by atoms with Crippen molar-refractivity contribution in [2.24, 2.45) is 0 Å². The van der Waals surface area contributed by atoms with Crippen molar-refractivity contribution in [3.63, 3.8) is 0 Å². The minimum Gasteiger partial charge on any atom is -0.384 e. The molecule has 2 aliphatic carbocycles. The average Bonchev–Trinajstić information content (AvgIpc) is 3.66. The summed E-state index contributed by atoms with van der Waals surface area (Å²) in [6, 6.07) is 10.2. The van der Waals surface area contributed by atoms with Crippen molar-refractivity contribution in [1.29, 1.82) is 0 Å². The van der Waals surface area contributed by atoms with Crippen LogP contribution in [0.4, 0.5) is 11.6 Å². The lowest BCUT2D eigenvalue weighted by molar-refractivity contribution is -0.0426. The van der Waals surface area contributed by atoms with Crippen LogP contribution in [0.2, 0.25) is 0 Å². The number of pyridine rings is 1. The van der Waals surface area contributed by atoms with Gasteiger partial charge >= 0.3 is 0 Å². The van der Waals surface area contributed by atoms with Gasteiger partial charge < -0.3 is 15.7 Å². The van der Waals surface area contributed by atoms with Gasteiger partial charge in [-0.15, -0.1) is 0 Å². The van der Waals surface area contributed by atoms with Crippen molar-refractivity contribution in [3.8, 4) is 5.69 Å². The van der Waals surface area contributed by atoms with E-state index in [0.717, 1.165) is 50.1 Å². The van der Waals surface area contributed by atoms with Crippen LogP contribution in [0.15, 0.2) is 47.5 Å². The number of anilines is 2. The highest BCUT2D eigenvalue weighted by Gasteiger charge is 2.38. The van der Waals surface area contributed by atoms with Crippen LogP contribution in [0.3, 0.4) is 0 Å². The molecule has 178 valence electrons. The zero-order chi connectivity index (χ0) is 23.6. The first-order valence-corrected chi connectivity index (χ1v) is 12.4. The van der Waals surface area contributed by atoms with Gasteiger partial charge in [-0.25, -0.2) is 14.3 Å². The van der Waals surface area contributed by atoms with Gasteiger partial charge in [-0.05, 0) is 80.5 Å². The summed E-state index contributed by atoms with van der Waals surface area (Å²) < 4.78 is 3.67. The second kappa shape index (κ2) is 7.73. The number of benzene rings is 1. The first-order valence-electron chi connectivity index (χ1n) is 12.4. The zero-order valence-corrected chi connectivity index (χ0v) is 19.4. The largest absolute Gasteiger partial charge is 0.384 e. The van der Waals surface area contributed by atoms with E-state index in [4.69, 9.17) is 4.98 Å². The molecule has 4 aromatic rings. The van der Waals surface area contributed by atoms with Crippen LogP contribution in [0, 0.1) is 0 Å². The van der Waals surface area contributed by atoms with Gasteiger partial charge in [-0.2, -0.15) is 4.98 Å². The van der Waals surface area contributed by atoms with E-state index >= 15 is 0 Å². The number of fused-ring (bicyclic) bond motifs is 2. The Balaban J connectivity index is 1.33. The van der Waals surface area contributed by atoms with E-state index in [1.54, 1.807) is 17.1 Å². The van der Waals surface area contributed by atoms with E-state index < -0.39 is 5.60 Å². The van der Waals surface area contributed by atoms with E-state index in [0.29, 0.717) is 35.5 Å². The summed E-state index contributed by atoms with van der Waals surface area (Å²) in [4.78, 5) is 27.1. The standard InChI is InChI=1S/C26H27N7O2/c34-24-21-15-29-25(30-18-3-2-17-14-27-10-6-16(17)12-18)31-23(21)32(33(24)19-4-5-19)20-7-11-28-22(13-20)26(35)8-1-9-26/h2-3,7,11-13,15,19,27,35H,1,4-6,8-10,14H2,(H,29,30,31). The molecule has 0 radical (unpaired) electrons. The molecule has 0 saturated heterocycles. The Morgan fingerprint density at radius 1 is 1.11 bits per heavy atom. The summed E-state index contributed by atoms with van der Waals surface area (Å²) in [5.74, 6) is 0.444. The molecule has 0 atom stereocenters. The maximum Gasteiger partial charge on any atom is 0.278 e. The molecule has 9 heteroatoms. The molecule has 9 nitrogen and oxygen atoms in total. The predicted molar refractivity (Wildman–Crippen MR) is 132 cm³/mol. The molecule has 3 aromatic heterocycles. The predicted octanol–water partition coefficient (Wildman–Crippen LogP) is 3.07. The number of hydrogen-bond donors (Lipinski definition) is 3. The number of rotatable bonds is 5. The molecule has 4 heterocycles. The molecule has 3 N–H and O–H groups in total. The van der Waals surface area contributed by atoms with Gasteiger partial charge in [-0.3, -0.25) is 9.78 Å². The molecule has 3 aliphatic rings. The highest BCUT2D eigenvalue weighted by atomic mass is 16.3. The van der Waals surface area contributed by atoms with E-state index in [9.17, 15) is 9.90 Å². The fraction of sp³-hybridized carbons (Fsp3) is 0.385. The van der Waals surface area contributed by atoms with Crippen molar-refractivity contribution in [2.75, 3.05) is 11.9 Å². The lowest BCUT2D eigenvalue weighted by Gasteiger charge is -2.36. The van der Waals surface area contributed by atoms with Gasteiger partial charge in [0.1, 0.15) is 11.0 Å².